The number of anilines is 1. The van der Waals surface area contributed by atoms with Crippen LogP contribution < -0.4 is 5.32 Å². The zero-order valence-corrected chi connectivity index (χ0v) is 8.64. The van der Waals surface area contributed by atoms with Crippen molar-refractivity contribution in [2.75, 3.05) is 11.2 Å². The molecule has 4 heteroatoms. The van der Waals surface area contributed by atoms with Crippen LogP contribution in [0.15, 0.2) is 18.2 Å². The quantitative estimate of drug-likeness (QED) is 0.757. The van der Waals surface area contributed by atoms with Gasteiger partial charge in [-0.05, 0) is 18.6 Å². The Morgan fingerprint density at radius 2 is 2.29 bits per heavy atom. The minimum absolute atomic E-state index is 0.150. The number of aromatic hydroxyl groups is 1. The van der Waals surface area contributed by atoms with Gasteiger partial charge in [-0.1, -0.05) is 6.07 Å². The lowest BCUT2D eigenvalue weighted by Gasteiger charge is -2.05. The third-order valence-electron chi connectivity index (χ3n) is 1.81. The molecule has 1 amide bonds. The van der Waals surface area contributed by atoms with E-state index in [2.05, 4.69) is 5.32 Å². The van der Waals surface area contributed by atoms with Crippen molar-refractivity contribution in [2.24, 2.45) is 0 Å². The normalized spacial score (nSPS) is 9.86. The van der Waals surface area contributed by atoms with Crippen LogP contribution >= 0.6 is 11.6 Å². The van der Waals surface area contributed by atoms with E-state index in [0.29, 0.717) is 11.6 Å². The Morgan fingerprint density at radius 3 is 2.86 bits per heavy atom. The van der Waals surface area contributed by atoms with Crippen molar-refractivity contribution in [1.29, 1.82) is 0 Å². The molecule has 0 aliphatic rings. The Balaban J connectivity index is 2.68. The number of phenolic OH excluding ortho intramolecular Hbond substituents is 1. The number of carbonyl (C=O) groups excluding carboxylic acids is 1. The monoisotopic (exact) mass is 213 g/mol. The molecule has 76 valence electrons. The van der Waals surface area contributed by atoms with Crippen molar-refractivity contribution in [1.82, 2.24) is 0 Å². The number of hydrogen-bond donors (Lipinski definition) is 2. The summed E-state index contributed by atoms with van der Waals surface area (Å²) in [6.45, 7) is 1.79. The largest absolute Gasteiger partial charge is 0.508 e. The highest BCUT2D eigenvalue weighted by molar-refractivity contribution is 6.19. The summed E-state index contributed by atoms with van der Waals surface area (Å²) in [5.41, 5.74) is 1.36. The summed E-state index contributed by atoms with van der Waals surface area (Å²) in [4.78, 5) is 11.1. The molecular weight excluding hydrogens is 202 g/mol. The topological polar surface area (TPSA) is 49.3 Å². The number of rotatable bonds is 3. The molecule has 0 aliphatic heterocycles. The molecule has 0 heterocycles. The molecule has 0 spiro atoms. The van der Waals surface area contributed by atoms with E-state index >= 15 is 0 Å². The molecule has 0 aliphatic carbocycles. The van der Waals surface area contributed by atoms with Gasteiger partial charge in [0.1, 0.15) is 5.75 Å². The molecule has 14 heavy (non-hydrogen) atoms. The number of carbonyl (C=O) groups is 1. The molecule has 0 unspecified atom stereocenters. The van der Waals surface area contributed by atoms with E-state index in [4.69, 9.17) is 11.6 Å². The summed E-state index contributed by atoms with van der Waals surface area (Å²) in [7, 11) is 0. The van der Waals surface area contributed by atoms with Crippen LogP contribution in [0.3, 0.4) is 0 Å². The van der Waals surface area contributed by atoms with Crippen molar-refractivity contribution in [2.45, 2.75) is 13.3 Å². The summed E-state index contributed by atoms with van der Waals surface area (Å²) in [5, 5.41) is 12.0. The first-order chi connectivity index (χ1) is 6.63. The van der Waals surface area contributed by atoms with Gasteiger partial charge in [-0.15, -0.1) is 11.6 Å². The van der Waals surface area contributed by atoms with Gasteiger partial charge in [0, 0.05) is 24.1 Å². The fraction of sp³-hybridized carbons (Fsp3) is 0.300. The van der Waals surface area contributed by atoms with E-state index in [1.165, 1.54) is 6.07 Å². The van der Waals surface area contributed by atoms with Crippen LogP contribution in [-0.4, -0.2) is 16.9 Å². The number of alkyl halides is 1. The second-order valence-electron chi connectivity index (χ2n) is 2.99. The van der Waals surface area contributed by atoms with Gasteiger partial charge >= 0.3 is 0 Å². The zero-order chi connectivity index (χ0) is 10.6. The first kappa shape index (κ1) is 10.9. The lowest BCUT2D eigenvalue weighted by Crippen LogP contribution is -2.11. The first-order valence-corrected chi connectivity index (χ1v) is 4.82. The zero-order valence-electron chi connectivity index (χ0n) is 7.88. The van der Waals surface area contributed by atoms with Gasteiger partial charge in [-0.25, -0.2) is 0 Å². The summed E-state index contributed by atoms with van der Waals surface area (Å²) < 4.78 is 0. The van der Waals surface area contributed by atoms with Crippen molar-refractivity contribution in [3.63, 3.8) is 0 Å². The number of hydrogen-bond acceptors (Lipinski definition) is 2. The maximum absolute atomic E-state index is 11.1. The summed E-state index contributed by atoms with van der Waals surface area (Å²) >= 11 is 5.41. The smallest absolute Gasteiger partial charge is 0.225 e. The lowest BCUT2D eigenvalue weighted by atomic mass is 10.2. The van der Waals surface area contributed by atoms with E-state index in [9.17, 15) is 9.90 Å². The molecule has 0 atom stereocenters. The fourth-order valence-electron chi connectivity index (χ4n) is 0.996. The number of amides is 1. The highest BCUT2D eigenvalue weighted by Crippen LogP contribution is 2.20. The van der Waals surface area contributed by atoms with Gasteiger partial charge in [0.25, 0.3) is 0 Å². The highest BCUT2D eigenvalue weighted by Gasteiger charge is 2.02. The van der Waals surface area contributed by atoms with Crippen LogP contribution in [-0.2, 0) is 4.79 Å². The van der Waals surface area contributed by atoms with Gasteiger partial charge in [0.05, 0.1) is 0 Å². The standard InChI is InChI=1S/C10H12ClNO2/c1-7-2-3-8(6-9(7)13)12-10(14)4-5-11/h2-3,6,13H,4-5H2,1H3,(H,12,14). The van der Waals surface area contributed by atoms with E-state index < -0.39 is 0 Å². The molecule has 1 aromatic rings. The van der Waals surface area contributed by atoms with Crippen molar-refractivity contribution in [3.05, 3.63) is 23.8 Å². The Labute approximate surface area is 87.7 Å². The van der Waals surface area contributed by atoms with Crippen molar-refractivity contribution >= 4 is 23.2 Å². The molecule has 1 rings (SSSR count). The molecule has 0 saturated carbocycles. The Bertz CT molecular complexity index is 339. The molecule has 0 fully saturated rings. The van der Waals surface area contributed by atoms with Crippen LogP contribution in [0.1, 0.15) is 12.0 Å². The van der Waals surface area contributed by atoms with Gasteiger partial charge < -0.3 is 10.4 Å². The molecule has 0 bridgehead atoms. The first-order valence-electron chi connectivity index (χ1n) is 4.29. The number of aryl methyl sites for hydroxylation is 1. The summed E-state index contributed by atoms with van der Waals surface area (Å²) in [5.74, 6) is 0.320. The van der Waals surface area contributed by atoms with Crippen LogP contribution in [0.4, 0.5) is 5.69 Å². The van der Waals surface area contributed by atoms with Crippen molar-refractivity contribution in [3.8, 4) is 5.75 Å². The van der Waals surface area contributed by atoms with Crippen LogP contribution in [0.25, 0.3) is 0 Å². The van der Waals surface area contributed by atoms with E-state index in [-0.39, 0.29) is 18.1 Å². The van der Waals surface area contributed by atoms with E-state index in [1.807, 2.05) is 0 Å². The third kappa shape index (κ3) is 2.92. The second-order valence-corrected chi connectivity index (χ2v) is 3.37. The fourth-order valence-corrected chi connectivity index (χ4v) is 1.17. The number of halogens is 1. The van der Waals surface area contributed by atoms with Crippen LogP contribution in [0, 0.1) is 6.92 Å². The van der Waals surface area contributed by atoms with E-state index in [0.717, 1.165) is 5.56 Å². The van der Waals surface area contributed by atoms with E-state index in [1.54, 1.807) is 19.1 Å². The average Bonchev–Trinajstić information content (AvgIpc) is 2.12. The van der Waals surface area contributed by atoms with Gasteiger partial charge in [-0.3, -0.25) is 4.79 Å². The van der Waals surface area contributed by atoms with Gasteiger partial charge in [0.2, 0.25) is 5.91 Å². The predicted molar refractivity (Wildman–Crippen MR) is 56.8 cm³/mol. The van der Waals surface area contributed by atoms with Crippen LogP contribution in [0.2, 0.25) is 0 Å². The molecule has 0 aromatic heterocycles. The van der Waals surface area contributed by atoms with Crippen LogP contribution in [0.5, 0.6) is 5.75 Å². The Hall–Kier alpha value is -1.22. The molecule has 0 saturated heterocycles. The molecule has 1 aromatic carbocycles. The summed E-state index contributed by atoms with van der Waals surface area (Å²) in [6, 6.07) is 4.99. The highest BCUT2D eigenvalue weighted by atomic mass is 35.5. The Morgan fingerprint density at radius 1 is 1.57 bits per heavy atom. The third-order valence-corrected chi connectivity index (χ3v) is 2.00. The lowest BCUT2D eigenvalue weighted by molar-refractivity contribution is -0.115. The maximum atomic E-state index is 11.1. The summed E-state index contributed by atoms with van der Waals surface area (Å²) in [6.07, 6.45) is 0.274. The minimum Gasteiger partial charge on any atom is -0.508 e. The maximum Gasteiger partial charge on any atom is 0.225 e. The molecule has 2 N–H and O–H groups in total. The SMILES string of the molecule is Cc1ccc(NC(=O)CCCl)cc1O. The Kier molecular flexibility index (Phi) is 3.77. The minimum atomic E-state index is -0.150. The molecule has 3 nitrogen and oxygen atoms in total. The van der Waals surface area contributed by atoms with Crippen molar-refractivity contribution < 1.29 is 9.90 Å². The van der Waals surface area contributed by atoms with Gasteiger partial charge in [0.15, 0.2) is 0 Å². The molecular formula is C10H12ClNO2. The van der Waals surface area contributed by atoms with Gasteiger partial charge in [-0.2, -0.15) is 0 Å². The number of benzene rings is 1. The predicted octanol–water partition coefficient (Wildman–Crippen LogP) is 2.27. The average molecular weight is 214 g/mol. The molecule has 0 radical (unpaired) electrons. The second kappa shape index (κ2) is 4.86. The number of phenols is 1. The number of nitrogens with one attached hydrogen (secondary N) is 1.